The Bertz CT molecular complexity index is 458. The van der Waals surface area contributed by atoms with Crippen LogP contribution in [0.15, 0.2) is 24.3 Å². The topological polar surface area (TPSA) is 39.7 Å². The number of ether oxygens (including phenoxy) is 3. The predicted molar refractivity (Wildman–Crippen MR) is 78.1 cm³/mol. The molecular formula is C16H21NO3. The van der Waals surface area contributed by atoms with Crippen LogP contribution in [0.2, 0.25) is 0 Å². The lowest BCUT2D eigenvalue weighted by molar-refractivity contribution is 0.111. The van der Waals surface area contributed by atoms with E-state index in [0.717, 1.165) is 31.1 Å². The fraction of sp³-hybridized carbons (Fsp3) is 0.500. The van der Waals surface area contributed by atoms with Gasteiger partial charge in [0.2, 0.25) is 0 Å². The van der Waals surface area contributed by atoms with E-state index < -0.39 is 0 Å². The fourth-order valence-electron chi connectivity index (χ4n) is 2.07. The van der Waals surface area contributed by atoms with Gasteiger partial charge >= 0.3 is 0 Å². The Hall–Kier alpha value is -1.70. The summed E-state index contributed by atoms with van der Waals surface area (Å²) in [4.78, 5) is 0. The minimum absolute atomic E-state index is 0.363. The molecule has 1 fully saturated rings. The molecule has 0 saturated carbocycles. The van der Waals surface area contributed by atoms with E-state index in [4.69, 9.17) is 14.2 Å². The van der Waals surface area contributed by atoms with Gasteiger partial charge in [0.1, 0.15) is 6.61 Å². The molecule has 4 nitrogen and oxygen atoms in total. The fourth-order valence-corrected chi connectivity index (χ4v) is 2.07. The molecular weight excluding hydrogens is 254 g/mol. The summed E-state index contributed by atoms with van der Waals surface area (Å²) in [6, 6.07) is 7.56. The maximum Gasteiger partial charge on any atom is 0.162 e. The monoisotopic (exact) mass is 275 g/mol. The van der Waals surface area contributed by atoms with Crippen molar-refractivity contribution in [3.05, 3.63) is 24.3 Å². The predicted octanol–water partition coefficient (Wildman–Crippen LogP) is 1.85. The van der Waals surface area contributed by atoms with Crippen LogP contribution in [0.1, 0.15) is 12.8 Å². The highest BCUT2D eigenvalue weighted by molar-refractivity contribution is 5.39. The van der Waals surface area contributed by atoms with Crippen molar-refractivity contribution in [1.29, 1.82) is 0 Å². The van der Waals surface area contributed by atoms with Gasteiger partial charge in [-0.25, -0.2) is 0 Å². The maximum absolute atomic E-state index is 5.56. The summed E-state index contributed by atoms with van der Waals surface area (Å²) in [5.74, 6) is 7.46. The highest BCUT2D eigenvalue weighted by Gasteiger charge is 2.13. The van der Waals surface area contributed by atoms with Gasteiger partial charge in [0, 0.05) is 13.2 Å². The standard InChI is InChI=1S/C16H21NO3/c1-18-15-8-2-3-9-16(15)20-11-5-4-10-17-13-14-7-6-12-19-14/h2-3,8-9,14,17H,6-7,10-13H2,1H3/t14-/m0/s1. The van der Waals surface area contributed by atoms with Gasteiger partial charge in [-0.1, -0.05) is 24.0 Å². The number of para-hydroxylation sites is 2. The van der Waals surface area contributed by atoms with Gasteiger partial charge < -0.3 is 19.5 Å². The zero-order valence-corrected chi connectivity index (χ0v) is 11.9. The third-order valence-electron chi connectivity index (χ3n) is 3.10. The molecule has 20 heavy (non-hydrogen) atoms. The molecule has 1 heterocycles. The van der Waals surface area contributed by atoms with Crippen molar-refractivity contribution < 1.29 is 14.2 Å². The second-order valence-electron chi connectivity index (χ2n) is 4.56. The van der Waals surface area contributed by atoms with Crippen LogP contribution in [0.3, 0.4) is 0 Å². The van der Waals surface area contributed by atoms with Gasteiger partial charge in [0.25, 0.3) is 0 Å². The zero-order chi connectivity index (χ0) is 14.0. The van der Waals surface area contributed by atoms with Crippen molar-refractivity contribution in [2.75, 3.05) is 33.4 Å². The van der Waals surface area contributed by atoms with Gasteiger partial charge in [-0.15, -0.1) is 0 Å². The summed E-state index contributed by atoms with van der Waals surface area (Å²) in [5.41, 5.74) is 0. The minimum atomic E-state index is 0.363. The average Bonchev–Trinajstić information content (AvgIpc) is 3.00. The van der Waals surface area contributed by atoms with Crippen LogP contribution in [0, 0.1) is 11.8 Å². The van der Waals surface area contributed by atoms with Crippen LogP contribution in [-0.2, 0) is 4.74 Å². The zero-order valence-electron chi connectivity index (χ0n) is 11.9. The molecule has 1 aliphatic rings. The quantitative estimate of drug-likeness (QED) is 0.635. The molecule has 1 atom stereocenters. The lowest BCUT2D eigenvalue weighted by atomic mass is 10.2. The number of rotatable bonds is 6. The van der Waals surface area contributed by atoms with Crippen molar-refractivity contribution in [1.82, 2.24) is 5.32 Å². The van der Waals surface area contributed by atoms with E-state index in [2.05, 4.69) is 17.2 Å². The van der Waals surface area contributed by atoms with E-state index in [9.17, 15) is 0 Å². The summed E-state index contributed by atoms with van der Waals surface area (Å²) < 4.78 is 16.3. The third kappa shape index (κ3) is 4.76. The van der Waals surface area contributed by atoms with Crippen molar-refractivity contribution >= 4 is 0 Å². The molecule has 108 valence electrons. The molecule has 0 aromatic heterocycles. The van der Waals surface area contributed by atoms with E-state index in [1.807, 2.05) is 24.3 Å². The van der Waals surface area contributed by atoms with Crippen molar-refractivity contribution in [2.24, 2.45) is 0 Å². The second kappa shape index (κ2) is 8.47. The normalized spacial score (nSPS) is 17.4. The van der Waals surface area contributed by atoms with Gasteiger partial charge in [-0.3, -0.25) is 0 Å². The van der Waals surface area contributed by atoms with Crippen molar-refractivity contribution in [3.8, 4) is 23.3 Å². The average molecular weight is 275 g/mol. The molecule has 0 bridgehead atoms. The molecule has 4 heteroatoms. The summed E-state index contributed by atoms with van der Waals surface area (Å²) in [7, 11) is 1.63. The van der Waals surface area contributed by atoms with Crippen LogP contribution >= 0.6 is 0 Å². The molecule has 1 saturated heterocycles. The van der Waals surface area contributed by atoms with Gasteiger partial charge in [0.05, 0.1) is 19.8 Å². The van der Waals surface area contributed by atoms with E-state index in [-0.39, 0.29) is 0 Å². The van der Waals surface area contributed by atoms with E-state index in [1.54, 1.807) is 7.11 Å². The Labute approximate surface area is 120 Å². The SMILES string of the molecule is COc1ccccc1OCC#CCNC[C@@H]1CCCO1. The van der Waals surface area contributed by atoms with Gasteiger partial charge in [-0.2, -0.15) is 0 Å². The second-order valence-corrected chi connectivity index (χ2v) is 4.56. The third-order valence-corrected chi connectivity index (χ3v) is 3.10. The van der Waals surface area contributed by atoms with Gasteiger partial charge in [0.15, 0.2) is 11.5 Å². The summed E-state index contributed by atoms with van der Waals surface area (Å²) in [5, 5.41) is 3.27. The molecule has 0 spiro atoms. The van der Waals surface area contributed by atoms with Crippen LogP contribution in [0.4, 0.5) is 0 Å². The highest BCUT2D eigenvalue weighted by Crippen LogP contribution is 2.25. The number of methoxy groups -OCH3 is 1. The first kappa shape index (κ1) is 14.7. The molecule has 1 aliphatic heterocycles. The van der Waals surface area contributed by atoms with Crippen molar-refractivity contribution in [3.63, 3.8) is 0 Å². The number of nitrogens with one attached hydrogen (secondary N) is 1. The van der Waals surface area contributed by atoms with Crippen LogP contribution in [-0.4, -0.2) is 39.5 Å². The van der Waals surface area contributed by atoms with Crippen LogP contribution in [0.5, 0.6) is 11.5 Å². The van der Waals surface area contributed by atoms with Gasteiger partial charge in [-0.05, 0) is 25.0 Å². The Balaban J connectivity index is 1.62. The first-order valence-corrected chi connectivity index (χ1v) is 6.94. The molecule has 0 radical (unpaired) electrons. The van der Waals surface area contributed by atoms with E-state index in [1.165, 1.54) is 6.42 Å². The van der Waals surface area contributed by atoms with E-state index >= 15 is 0 Å². The largest absolute Gasteiger partial charge is 0.493 e. The lowest BCUT2D eigenvalue weighted by Gasteiger charge is -2.08. The van der Waals surface area contributed by atoms with E-state index in [0.29, 0.717) is 19.3 Å². The first-order valence-electron chi connectivity index (χ1n) is 6.94. The number of hydrogen-bond acceptors (Lipinski definition) is 4. The molecule has 2 rings (SSSR count). The Morgan fingerprint density at radius 1 is 1.30 bits per heavy atom. The summed E-state index contributed by atoms with van der Waals surface area (Å²) in [6.45, 7) is 2.80. The molecule has 1 aromatic rings. The summed E-state index contributed by atoms with van der Waals surface area (Å²) >= 11 is 0. The minimum Gasteiger partial charge on any atom is -0.493 e. The van der Waals surface area contributed by atoms with Crippen LogP contribution in [0.25, 0.3) is 0 Å². The molecule has 0 aliphatic carbocycles. The summed E-state index contributed by atoms with van der Waals surface area (Å²) in [6.07, 6.45) is 2.68. The Morgan fingerprint density at radius 2 is 2.15 bits per heavy atom. The number of benzene rings is 1. The highest BCUT2D eigenvalue weighted by atomic mass is 16.5. The molecule has 0 amide bonds. The molecule has 0 unspecified atom stereocenters. The van der Waals surface area contributed by atoms with Crippen LogP contribution < -0.4 is 14.8 Å². The maximum atomic E-state index is 5.56. The number of hydrogen-bond donors (Lipinski definition) is 1. The Morgan fingerprint density at radius 3 is 2.90 bits per heavy atom. The smallest absolute Gasteiger partial charge is 0.162 e. The lowest BCUT2D eigenvalue weighted by Crippen LogP contribution is -2.26. The first-order chi connectivity index (χ1) is 9.90. The van der Waals surface area contributed by atoms with Crippen molar-refractivity contribution in [2.45, 2.75) is 18.9 Å². The molecule has 1 N–H and O–H groups in total. The molecule has 1 aromatic carbocycles. The Kier molecular flexibility index (Phi) is 6.22.